The summed E-state index contributed by atoms with van der Waals surface area (Å²) in [6.45, 7) is 1.95. The molecule has 1 aliphatic heterocycles. The Hall–Kier alpha value is -1.00. The van der Waals surface area contributed by atoms with Gasteiger partial charge in [0.05, 0.1) is 0 Å². The van der Waals surface area contributed by atoms with E-state index in [1.54, 1.807) is 30.4 Å². The average molecular weight is 194 g/mol. The summed E-state index contributed by atoms with van der Waals surface area (Å²) < 4.78 is 0. The molecule has 1 aromatic heterocycles. The van der Waals surface area contributed by atoms with E-state index < -0.39 is 0 Å². The second kappa shape index (κ2) is 3.40. The van der Waals surface area contributed by atoms with Crippen LogP contribution in [0, 0.1) is 0 Å². The Kier molecular flexibility index (Phi) is 2.24. The highest BCUT2D eigenvalue weighted by Gasteiger charge is 2.20. The molecule has 0 unspecified atom stereocenters. The monoisotopic (exact) mass is 194 g/mol. The lowest BCUT2D eigenvalue weighted by Crippen LogP contribution is -2.15. The molecule has 13 heavy (non-hydrogen) atoms. The van der Waals surface area contributed by atoms with E-state index >= 15 is 0 Å². The van der Waals surface area contributed by atoms with Crippen LogP contribution in [0.1, 0.15) is 12.5 Å². The van der Waals surface area contributed by atoms with Crippen LogP contribution in [0.2, 0.25) is 0 Å². The first-order chi connectivity index (χ1) is 6.27. The van der Waals surface area contributed by atoms with Gasteiger partial charge in [0, 0.05) is 23.5 Å². The second-order valence-corrected chi connectivity index (χ2v) is 4.18. The first kappa shape index (κ1) is 8.59. The van der Waals surface area contributed by atoms with E-state index in [2.05, 4.69) is 4.98 Å². The molecule has 0 saturated carbocycles. The number of aromatic nitrogens is 1. The van der Waals surface area contributed by atoms with Gasteiger partial charge in [-0.15, -0.1) is 0 Å². The summed E-state index contributed by atoms with van der Waals surface area (Å²) in [4.78, 5) is 5.02. The number of hydrogen-bond donors (Lipinski definition) is 1. The molecule has 0 radical (unpaired) electrons. The van der Waals surface area contributed by atoms with Crippen LogP contribution in [0.3, 0.4) is 0 Å². The largest absolute Gasteiger partial charge is 0.288 e. The van der Waals surface area contributed by atoms with Crippen LogP contribution >= 0.6 is 11.8 Å². The van der Waals surface area contributed by atoms with Crippen molar-refractivity contribution < 1.29 is 5.21 Å². The highest BCUT2D eigenvalue weighted by Crippen LogP contribution is 2.37. The van der Waals surface area contributed by atoms with E-state index in [4.69, 9.17) is 0 Å². The molecule has 1 atom stereocenters. The second-order valence-electron chi connectivity index (χ2n) is 2.83. The van der Waals surface area contributed by atoms with Gasteiger partial charge in [-0.25, -0.2) is 0 Å². The fourth-order valence-corrected chi connectivity index (χ4v) is 2.13. The third-order valence-corrected chi connectivity index (χ3v) is 3.04. The van der Waals surface area contributed by atoms with Gasteiger partial charge < -0.3 is 0 Å². The van der Waals surface area contributed by atoms with Gasteiger partial charge in [-0.05, 0) is 24.6 Å². The molecule has 1 aromatic rings. The molecule has 3 nitrogen and oxygen atoms in total. The Balaban J connectivity index is 2.25. The molecular weight excluding hydrogens is 184 g/mol. The van der Waals surface area contributed by atoms with Gasteiger partial charge in [-0.2, -0.15) is 0 Å². The topological polar surface area (TPSA) is 36.4 Å². The fraction of sp³-hybridized carbons (Fsp3) is 0.222. The van der Waals surface area contributed by atoms with Crippen LogP contribution in [0.5, 0.6) is 0 Å². The van der Waals surface area contributed by atoms with Gasteiger partial charge in [0.2, 0.25) is 0 Å². The van der Waals surface area contributed by atoms with Crippen LogP contribution in [-0.2, 0) is 0 Å². The number of thioether (sulfide) groups is 1. The zero-order chi connectivity index (χ0) is 9.26. The van der Waals surface area contributed by atoms with Crippen molar-refractivity contribution in [2.75, 3.05) is 0 Å². The van der Waals surface area contributed by atoms with Gasteiger partial charge in [0.25, 0.3) is 0 Å². The average Bonchev–Trinajstić information content (AvgIpc) is 2.49. The van der Waals surface area contributed by atoms with Crippen molar-refractivity contribution in [2.45, 2.75) is 12.3 Å². The fourth-order valence-electron chi connectivity index (χ4n) is 1.15. The predicted octanol–water partition coefficient (Wildman–Crippen LogP) is 2.16. The Morgan fingerprint density at radius 2 is 2.15 bits per heavy atom. The summed E-state index contributed by atoms with van der Waals surface area (Å²) >= 11 is 1.64. The Morgan fingerprint density at radius 1 is 1.46 bits per heavy atom. The maximum atomic E-state index is 9.35. The number of pyridine rings is 1. The minimum absolute atomic E-state index is 0.100. The van der Waals surface area contributed by atoms with Crippen molar-refractivity contribution in [3.63, 3.8) is 0 Å². The zero-order valence-electron chi connectivity index (χ0n) is 7.21. The Bertz CT molecular complexity index is 326. The van der Waals surface area contributed by atoms with Gasteiger partial charge in [0.1, 0.15) is 5.37 Å². The molecule has 0 aliphatic carbocycles. The number of nitrogens with zero attached hydrogens (tertiary/aromatic N) is 2. The first-order valence-electron chi connectivity index (χ1n) is 4.03. The molecule has 0 spiro atoms. The maximum absolute atomic E-state index is 9.35. The summed E-state index contributed by atoms with van der Waals surface area (Å²) in [6.07, 6.45) is 5.24. The third kappa shape index (κ3) is 1.68. The quantitative estimate of drug-likeness (QED) is 0.743. The molecule has 0 bridgehead atoms. The summed E-state index contributed by atoms with van der Waals surface area (Å²) in [6, 6.07) is 3.87. The van der Waals surface area contributed by atoms with Crippen molar-refractivity contribution in [2.24, 2.45) is 0 Å². The van der Waals surface area contributed by atoms with E-state index in [-0.39, 0.29) is 5.37 Å². The predicted molar refractivity (Wildman–Crippen MR) is 52.9 cm³/mol. The van der Waals surface area contributed by atoms with Gasteiger partial charge >= 0.3 is 0 Å². The summed E-state index contributed by atoms with van der Waals surface area (Å²) in [5.74, 6) is 0. The Morgan fingerprint density at radius 3 is 2.69 bits per heavy atom. The van der Waals surface area contributed by atoms with E-state index in [9.17, 15) is 5.21 Å². The standard InChI is InChI=1S/C9H10N2OS/c1-7-11(12)6-9(13-7)8-2-4-10-5-3-8/h2-7,12H,1H3/t7-/m0/s1. The van der Waals surface area contributed by atoms with Crippen LogP contribution in [0.25, 0.3) is 4.91 Å². The smallest absolute Gasteiger partial charge is 0.103 e. The van der Waals surface area contributed by atoms with Crippen molar-refractivity contribution in [1.29, 1.82) is 0 Å². The molecule has 1 aliphatic rings. The molecule has 1 N–H and O–H groups in total. The van der Waals surface area contributed by atoms with E-state index in [0.717, 1.165) is 10.5 Å². The van der Waals surface area contributed by atoms with Gasteiger partial charge in [-0.3, -0.25) is 15.3 Å². The molecule has 2 rings (SSSR count). The molecule has 0 aromatic carbocycles. The normalized spacial score (nSPS) is 21.8. The molecule has 0 saturated heterocycles. The molecule has 2 heterocycles. The number of hydroxylamine groups is 2. The van der Waals surface area contributed by atoms with E-state index in [1.165, 1.54) is 5.06 Å². The molecule has 0 amide bonds. The van der Waals surface area contributed by atoms with Crippen molar-refractivity contribution in [3.8, 4) is 0 Å². The summed E-state index contributed by atoms with van der Waals surface area (Å²) in [7, 11) is 0. The number of hydrogen-bond acceptors (Lipinski definition) is 4. The minimum atomic E-state index is 0.100. The number of rotatable bonds is 1. The molecule has 68 valence electrons. The highest BCUT2D eigenvalue weighted by atomic mass is 32.2. The minimum Gasteiger partial charge on any atom is -0.288 e. The molecule has 0 fully saturated rings. The maximum Gasteiger partial charge on any atom is 0.103 e. The van der Waals surface area contributed by atoms with Gasteiger partial charge in [-0.1, -0.05) is 11.8 Å². The third-order valence-electron chi connectivity index (χ3n) is 1.88. The molecular formula is C9H10N2OS. The van der Waals surface area contributed by atoms with Crippen LogP contribution < -0.4 is 0 Å². The summed E-state index contributed by atoms with van der Waals surface area (Å²) in [5, 5.41) is 10.7. The van der Waals surface area contributed by atoms with Crippen molar-refractivity contribution in [3.05, 3.63) is 36.3 Å². The molecule has 4 heteroatoms. The van der Waals surface area contributed by atoms with Crippen LogP contribution in [0.4, 0.5) is 0 Å². The van der Waals surface area contributed by atoms with Crippen LogP contribution in [-0.4, -0.2) is 20.6 Å². The first-order valence-corrected chi connectivity index (χ1v) is 4.91. The van der Waals surface area contributed by atoms with E-state index in [1.807, 2.05) is 19.1 Å². The lowest BCUT2D eigenvalue weighted by molar-refractivity contribution is -0.0433. The lowest BCUT2D eigenvalue weighted by Gasteiger charge is -2.10. The van der Waals surface area contributed by atoms with Crippen LogP contribution in [0.15, 0.2) is 30.7 Å². The van der Waals surface area contributed by atoms with Crippen molar-refractivity contribution >= 4 is 16.7 Å². The summed E-state index contributed by atoms with van der Waals surface area (Å²) in [5.41, 5.74) is 1.10. The highest BCUT2D eigenvalue weighted by molar-refractivity contribution is 8.09. The van der Waals surface area contributed by atoms with E-state index in [0.29, 0.717) is 0 Å². The van der Waals surface area contributed by atoms with Gasteiger partial charge in [0.15, 0.2) is 0 Å². The van der Waals surface area contributed by atoms with Crippen molar-refractivity contribution in [1.82, 2.24) is 10.0 Å². The lowest BCUT2D eigenvalue weighted by atomic mass is 10.2. The zero-order valence-corrected chi connectivity index (χ0v) is 8.03. The Labute approximate surface area is 81.0 Å². The SMILES string of the molecule is C[C@@H]1SC(c2ccncc2)=CN1O.